The van der Waals surface area contributed by atoms with E-state index in [1.807, 2.05) is 12.1 Å². The first-order chi connectivity index (χ1) is 8.91. The van der Waals surface area contributed by atoms with E-state index < -0.39 is 0 Å². The Labute approximate surface area is 122 Å². The number of alkyl halides is 1. The molecule has 0 atom stereocenters. The number of thiazole rings is 1. The maximum Gasteiger partial charge on any atom is 0.196 e. The molecule has 4 heteroatoms. The van der Waals surface area contributed by atoms with E-state index in [4.69, 9.17) is 11.6 Å². The van der Waals surface area contributed by atoms with Crippen LogP contribution >= 0.6 is 22.9 Å². The summed E-state index contributed by atoms with van der Waals surface area (Å²) in [5.41, 5.74) is 2.91. The van der Waals surface area contributed by atoms with Crippen LogP contribution in [0.1, 0.15) is 36.8 Å². The van der Waals surface area contributed by atoms with Crippen molar-refractivity contribution in [3.8, 4) is 10.6 Å². The second-order valence-corrected chi connectivity index (χ2v) is 6.55. The normalized spacial score (nSPS) is 11.6. The number of hydrogen-bond donors (Lipinski definition) is 0. The van der Waals surface area contributed by atoms with Gasteiger partial charge in [-0.1, -0.05) is 45.0 Å². The first-order valence-electron chi connectivity index (χ1n) is 6.07. The number of ketones is 1. The monoisotopic (exact) mass is 293 g/mol. The quantitative estimate of drug-likeness (QED) is 0.615. The van der Waals surface area contributed by atoms with E-state index in [2.05, 4.69) is 37.9 Å². The smallest absolute Gasteiger partial charge is 0.196 e. The van der Waals surface area contributed by atoms with E-state index in [9.17, 15) is 4.79 Å². The predicted molar refractivity (Wildman–Crippen MR) is 81.3 cm³/mol. The summed E-state index contributed by atoms with van der Waals surface area (Å²) in [7, 11) is 0. The maximum absolute atomic E-state index is 11.5. The first-order valence-corrected chi connectivity index (χ1v) is 7.49. The van der Waals surface area contributed by atoms with Gasteiger partial charge in [-0.05, 0) is 11.0 Å². The number of Topliss-reactive ketones (excluding diaryl/α,β-unsaturated/α-hetero) is 1. The van der Waals surface area contributed by atoms with Gasteiger partial charge in [-0.3, -0.25) is 4.79 Å². The highest BCUT2D eigenvalue weighted by atomic mass is 35.5. The van der Waals surface area contributed by atoms with Crippen molar-refractivity contribution in [2.45, 2.75) is 26.2 Å². The van der Waals surface area contributed by atoms with Crippen LogP contribution < -0.4 is 0 Å². The lowest BCUT2D eigenvalue weighted by Gasteiger charge is -2.18. The van der Waals surface area contributed by atoms with Crippen LogP contribution in [-0.4, -0.2) is 16.6 Å². The highest BCUT2D eigenvalue weighted by Crippen LogP contribution is 2.28. The number of carbonyl (C=O) groups is 1. The van der Waals surface area contributed by atoms with E-state index in [0.717, 1.165) is 10.6 Å². The zero-order valence-corrected chi connectivity index (χ0v) is 12.8. The number of rotatable bonds is 3. The van der Waals surface area contributed by atoms with Gasteiger partial charge in [0.05, 0.1) is 5.88 Å². The molecule has 0 radical (unpaired) electrons. The van der Waals surface area contributed by atoms with Crippen molar-refractivity contribution in [3.63, 3.8) is 0 Å². The second-order valence-electron chi connectivity index (χ2n) is 5.42. The Hall–Kier alpha value is -1.19. The summed E-state index contributed by atoms with van der Waals surface area (Å²) in [6.45, 7) is 6.55. The van der Waals surface area contributed by atoms with Crippen molar-refractivity contribution in [1.29, 1.82) is 0 Å². The third kappa shape index (κ3) is 3.23. The second kappa shape index (κ2) is 5.43. The third-order valence-corrected chi connectivity index (χ3v) is 4.04. The molecule has 0 spiro atoms. The van der Waals surface area contributed by atoms with E-state index in [-0.39, 0.29) is 17.1 Å². The van der Waals surface area contributed by atoms with Crippen molar-refractivity contribution in [1.82, 2.24) is 4.98 Å². The molecule has 0 N–H and O–H groups in total. The Morgan fingerprint density at radius 2 is 1.89 bits per heavy atom. The van der Waals surface area contributed by atoms with Crippen molar-refractivity contribution >= 4 is 28.7 Å². The van der Waals surface area contributed by atoms with Gasteiger partial charge in [0.1, 0.15) is 10.7 Å². The number of aromatic nitrogens is 1. The molecule has 2 rings (SSSR count). The summed E-state index contributed by atoms with van der Waals surface area (Å²) in [6, 6.07) is 8.32. The van der Waals surface area contributed by atoms with Gasteiger partial charge in [0.2, 0.25) is 0 Å². The molecule has 0 aliphatic carbocycles. The highest BCUT2D eigenvalue weighted by Gasteiger charge is 2.14. The van der Waals surface area contributed by atoms with Gasteiger partial charge in [-0.15, -0.1) is 22.9 Å². The molecular weight excluding hydrogens is 278 g/mol. The SMILES string of the molecule is CC(C)(C)c1ccc(-c2nc(C(=O)CCl)cs2)cc1. The standard InChI is InChI=1S/C15H16ClNOS/c1-15(2,3)11-6-4-10(5-7-11)14-17-12(9-19-14)13(18)8-16/h4-7,9H,8H2,1-3H3. The minimum atomic E-state index is -0.129. The Morgan fingerprint density at radius 3 is 2.42 bits per heavy atom. The van der Waals surface area contributed by atoms with Gasteiger partial charge in [0, 0.05) is 10.9 Å². The zero-order valence-electron chi connectivity index (χ0n) is 11.2. The molecule has 2 aromatic rings. The lowest BCUT2D eigenvalue weighted by atomic mass is 9.87. The fraction of sp³-hybridized carbons (Fsp3) is 0.333. The number of hydrogen-bond acceptors (Lipinski definition) is 3. The average Bonchev–Trinajstić information content (AvgIpc) is 2.86. The molecule has 19 heavy (non-hydrogen) atoms. The fourth-order valence-electron chi connectivity index (χ4n) is 1.72. The van der Waals surface area contributed by atoms with E-state index >= 15 is 0 Å². The Kier molecular flexibility index (Phi) is 4.07. The third-order valence-electron chi connectivity index (χ3n) is 2.91. The number of carbonyl (C=O) groups excluding carboxylic acids is 1. The molecule has 0 saturated carbocycles. The predicted octanol–water partition coefficient (Wildman–Crippen LogP) is 4.53. The summed E-state index contributed by atoms with van der Waals surface area (Å²) in [4.78, 5) is 15.8. The van der Waals surface area contributed by atoms with Crippen molar-refractivity contribution in [3.05, 3.63) is 40.9 Å². The number of nitrogens with zero attached hydrogens (tertiary/aromatic N) is 1. The first kappa shape index (κ1) is 14.2. The highest BCUT2D eigenvalue weighted by molar-refractivity contribution is 7.13. The fourth-order valence-corrected chi connectivity index (χ4v) is 2.68. The maximum atomic E-state index is 11.5. The van der Waals surface area contributed by atoms with Gasteiger partial charge in [-0.25, -0.2) is 4.98 Å². The minimum Gasteiger partial charge on any atom is -0.291 e. The molecular formula is C15H16ClNOS. The summed E-state index contributed by atoms with van der Waals surface area (Å²) >= 11 is 7.00. The molecule has 0 aliphatic heterocycles. The molecule has 0 aliphatic rings. The van der Waals surface area contributed by atoms with Crippen LogP contribution in [0.4, 0.5) is 0 Å². The van der Waals surface area contributed by atoms with E-state index in [1.54, 1.807) is 5.38 Å². The van der Waals surface area contributed by atoms with Crippen LogP contribution in [0, 0.1) is 0 Å². The molecule has 0 amide bonds. The van der Waals surface area contributed by atoms with Gasteiger partial charge in [0.15, 0.2) is 5.78 Å². The van der Waals surface area contributed by atoms with Crippen LogP contribution in [0.25, 0.3) is 10.6 Å². The summed E-state index contributed by atoms with van der Waals surface area (Å²) in [5, 5.41) is 2.62. The van der Waals surface area contributed by atoms with Crippen LogP contribution in [0.15, 0.2) is 29.6 Å². The molecule has 1 aromatic heterocycles. The van der Waals surface area contributed by atoms with Gasteiger partial charge >= 0.3 is 0 Å². The van der Waals surface area contributed by atoms with Gasteiger partial charge < -0.3 is 0 Å². The van der Waals surface area contributed by atoms with Crippen LogP contribution in [-0.2, 0) is 5.41 Å². The van der Waals surface area contributed by atoms with Crippen molar-refractivity contribution in [2.24, 2.45) is 0 Å². The van der Waals surface area contributed by atoms with Crippen molar-refractivity contribution < 1.29 is 4.79 Å². The van der Waals surface area contributed by atoms with Crippen LogP contribution in [0.2, 0.25) is 0 Å². The van der Waals surface area contributed by atoms with E-state index in [1.165, 1.54) is 16.9 Å². The largest absolute Gasteiger partial charge is 0.291 e. The average molecular weight is 294 g/mol. The Bertz CT molecular complexity index is 581. The topological polar surface area (TPSA) is 30.0 Å². The van der Waals surface area contributed by atoms with Gasteiger partial charge in [0.25, 0.3) is 0 Å². The van der Waals surface area contributed by atoms with Crippen LogP contribution in [0.3, 0.4) is 0 Å². The molecule has 0 unspecified atom stereocenters. The zero-order chi connectivity index (χ0) is 14.0. The number of benzene rings is 1. The molecule has 0 saturated heterocycles. The molecule has 2 nitrogen and oxygen atoms in total. The summed E-state index contributed by atoms with van der Waals surface area (Å²) in [6.07, 6.45) is 0. The van der Waals surface area contributed by atoms with Gasteiger partial charge in [-0.2, -0.15) is 0 Å². The van der Waals surface area contributed by atoms with Crippen LogP contribution in [0.5, 0.6) is 0 Å². The Morgan fingerprint density at radius 1 is 1.26 bits per heavy atom. The molecule has 1 aromatic carbocycles. The lowest BCUT2D eigenvalue weighted by Crippen LogP contribution is -2.10. The molecule has 1 heterocycles. The Balaban J connectivity index is 2.28. The molecule has 100 valence electrons. The van der Waals surface area contributed by atoms with Crippen molar-refractivity contribution in [2.75, 3.05) is 5.88 Å². The van der Waals surface area contributed by atoms with E-state index in [0.29, 0.717) is 5.69 Å². The minimum absolute atomic E-state index is 0.0217. The number of halogens is 1. The molecule has 0 fully saturated rings. The molecule has 0 bridgehead atoms. The summed E-state index contributed by atoms with van der Waals surface area (Å²) in [5.74, 6) is -0.151. The lowest BCUT2D eigenvalue weighted by molar-refractivity contribution is 0.101. The summed E-state index contributed by atoms with van der Waals surface area (Å²) < 4.78 is 0.